The Morgan fingerprint density at radius 1 is 1.14 bits per heavy atom. The van der Waals surface area contributed by atoms with Crippen LogP contribution in [0.3, 0.4) is 0 Å². The Bertz CT molecular complexity index is 664. The third-order valence-corrected chi connectivity index (χ3v) is 5.54. The summed E-state index contributed by atoms with van der Waals surface area (Å²) in [4.78, 5) is 16.0. The topological polar surface area (TPSA) is 60.5 Å². The number of hydrogen-bond donors (Lipinski definition) is 0. The molecule has 2 aliphatic rings. The molecule has 2 amide bonds. The van der Waals surface area contributed by atoms with Crippen LogP contribution in [0, 0.1) is 0 Å². The molecule has 7 nitrogen and oxygen atoms in total. The molecule has 3 rings (SSSR count). The molecule has 0 unspecified atom stereocenters. The van der Waals surface area contributed by atoms with Crippen molar-refractivity contribution in [1.82, 2.24) is 4.90 Å². The lowest BCUT2D eigenvalue weighted by molar-refractivity contribution is -0.0589. The third-order valence-electron chi connectivity index (χ3n) is 5.54. The van der Waals surface area contributed by atoms with Gasteiger partial charge in [-0.1, -0.05) is 24.3 Å². The van der Waals surface area contributed by atoms with Crippen molar-refractivity contribution in [3.8, 4) is 0 Å². The van der Waals surface area contributed by atoms with Gasteiger partial charge in [-0.05, 0) is 17.7 Å². The van der Waals surface area contributed by atoms with Gasteiger partial charge >= 0.3 is 6.03 Å². The summed E-state index contributed by atoms with van der Waals surface area (Å²) in [6, 6.07) is 7.90. The zero-order valence-corrected chi connectivity index (χ0v) is 17.5. The molecule has 160 valence electrons. The molecule has 0 atom stereocenters. The van der Waals surface area contributed by atoms with Crippen LogP contribution in [0.15, 0.2) is 36.4 Å². The lowest BCUT2D eigenvalue weighted by Gasteiger charge is -2.33. The highest BCUT2D eigenvalue weighted by Crippen LogP contribution is 2.25. The highest BCUT2D eigenvalue weighted by atomic mass is 16.5. The summed E-state index contributed by atoms with van der Waals surface area (Å²) in [6.45, 7) is 4.99. The predicted molar refractivity (Wildman–Crippen MR) is 111 cm³/mol. The first-order valence-electron chi connectivity index (χ1n) is 10.2. The van der Waals surface area contributed by atoms with Gasteiger partial charge in [0.05, 0.1) is 32.0 Å². The monoisotopic (exact) mass is 404 g/mol. The molecular weight excluding hydrogens is 372 g/mol. The molecule has 0 spiro atoms. The lowest BCUT2D eigenvalue weighted by Crippen LogP contribution is -2.47. The van der Waals surface area contributed by atoms with Crippen molar-refractivity contribution in [2.75, 3.05) is 65.2 Å². The predicted octanol–water partition coefficient (Wildman–Crippen LogP) is 2.84. The van der Waals surface area contributed by atoms with E-state index in [1.165, 1.54) is 0 Å². The highest BCUT2D eigenvalue weighted by Gasteiger charge is 2.29. The van der Waals surface area contributed by atoms with Gasteiger partial charge in [0.25, 0.3) is 0 Å². The molecule has 1 aromatic carbocycles. The molecule has 0 aromatic heterocycles. The Kier molecular flexibility index (Phi) is 8.06. The van der Waals surface area contributed by atoms with Crippen LogP contribution in [0.5, 0.6) is 0 Å². The Morgan fingerprint density at radius 2 is 1.79 bits per heavy atom. The van der Waals surface area contributed by atoms with Crippen molar-refractivity contribution >= 4 is 11.7 Å². The van der Waals surface area contributed by atoms with Gasteiger partial charge in [-0.3, -0.25) is 4.90 Å². The number of morpholine rings is 1. The fraction of sp³-hybridized carbons (Fsp3) is 0.591. The van der Waals surface area contributed by atoms with Gasteiger partial charge in [0.2, 0.25) is 0 Å². The molecule has 2 saturated heterocycles. The van der Waals surface area contributed by atoms with E-state index in [0.717, 1.165) is 37.3 Å². The van der Waals surface area contributed by atoms with Crippen molar-refractivity contribution < 1.29 is 23.7 Å². The van der Waals surface area contributed by atoms with E-state index >= 15 is 0 Å². The van der Waals surface area contributed by atoms with Crippen LogP contribution in [-0.4, -0.2) is 76.8 Å². The number of anilines is 1. The molecule has 0 N–H and O–H groups in total. The Hall–Kier alpha value is -1.93. The number of amides is 2. The van der Waals surface area contributed by atoms with Crippen LogP contribution < -0.4 is 4.90 Å². The van der Waals surface area contributed by atoms with Crippen LogP contribution in [-0.2, 0) is 25.6 Å². The lowest BCUT2D eigenvalue weighted by atomic mass is 9.93. The maximum Gasteiger partial charge on any atom is 0.324 e. The van der Waals surface area contributed by atoms with E-state index in [-0.39, 0.29) is 11.6 Å². The molecule has 0 saturated carbocycles. The van der Waals surface area contributed by atoms with Crippen molar-refractivity contribution in [2.24, 2.45) is 0 Å². The van der Waals surface area contributed by atoms with Gasteiger partial charge in [-0.15, -0.1) is 0 Å². The number of carbonyl (C=O) groups is 1. The summed E-state index contributed by atoms with van der Waals surface area (Å²) in [7, 11) is 3.55. The number of benzene rings is 1. The zero-order chi connectivity index (χ0) is 20.5. The number of methoxy groups -OCH3 is 1. The molecule has 0 bridgehead atoms. The van der Waals surface area contributed by atoms with Gasteiger partial charge in [0.15, 0.2) is 0 Å². The number of urea groups is 1. The van der Waals surface area contributed by atoms with Crippen molar-refractivity contribution in [3.05, 3.63) is 42.0 Å². The smallest absolute Gasteiger partial charge is 0.324 e. The Balaban J connectivity index is 1.44. The number of ether oxygens (including phenoxy) is 4. The summed E-state index contributed by atoms with van der Waals surface area (Å²) >= 11 is 0. The first kappa shape index (κ1) is 21.8. The van der Waals surface area contributed by atoms with Gasteiger partial charge in [-0.2, -0.15) is 0 Å². The van der Waals surface area contributed by atoms with Gasteiger partial charge < -0.3 is 23.8 Å². The van der Waals surface area contributed by atoms with Crippen LogP contribution in [0.4, 0.5) is 10.5 Å². The maximum absolute atomic E-state index is 12.6. The van der Waals surface area contributed by atoms with Crippen LogP contribution in [0.1, 0.15) is 18.4 Å². The van der Waals surface area contributed by atoms with Gasteiger partial charge in [0.1, 0.15) is 0 Å². The fourth-order valence-corrected chi connectivity index (χ4v) is 3.56. The summed E-state index contributed by atoms with van der Waals surface area (Å²) in [6.07, 6.45) is 5.87. The molecule has 7 heteroatoms. The second-order valence-corrected chi connectivity index (χ2v) is 7.41. The van der Waals surface area contributed by atoms with E-state index in [4.69, 9.17) is 18.9 Å². The molecule has 29 heavy (non-hydrogen) atoms. The largest absolute Gasteiger partial charge is 0.381 e. The number of carbonyl (C=O) groups excluding carboxylic acids is 1. The van der Waals surface area contributed by atoms with E-state index in [1.807, 2.05) is 35.2 Å². The average Bonchev–Trinajstić information content (AvgIpc) is 2.79. The second-order valence-electron chi connectivity index (χ2n) is 7.41. The molecule has 0 aliphatic carbocycles. The minimum Gasteiger partial charge on any atom is -0.381 e. The number of nitrogens with zero attached hydrogens (tertiary/aromatic N) is 2. The highest BCUT2D eigenvalue weighted by molar-refractivity contribution is 5.91. The van der Waals surface area contributed by atoms with Crippen molar-refractivity contribution in [3.63, 3.8) is 0 Å². The average molecular weight is 405 g/mol. The van der Waals surface area contributed by atoms with E-state index in [1.54, 1.807) is 19.1 Å². The summed E-state index contributed by atoms with van der Waals surface area (Å²) < 4.78 is 22.2. The molecule has 2 aliphatic heterocycles. The molecule has 1 aromatic rings. The van der Waals surface area contributed by atoms with Gasteiger partial charge in [0, 0.05) is 59.0 Å². The first-order chi connectivity index (χ1) is 14.1. The fourth-order valence-electron chi connectivity index (χ4n) is 3.56. The minimum atomic E-state index is -0.221. The molecule has 2 fully saturated rings. The van der Waals surface area contributed by atoms with Gasteiger partial charge in [-0.25, -0.2) is 4.79 Å². The van der Waals surface area contributed by atoms with Crippen LogP contribution in [0.25, 0.3) is 0 Å². The Labute approximate surface area is 173 Å². The zero-order valence-electron chi connectivity index (χ0n) is 17.5. The van der Waals surface area contributed by atoms with Crippen molar-refractivity contribution in [2.45, 2.75) is 25.0 Å². The number of hydrogen-bond acceptors (Lipinski definition) is 5. The van der Waals surface area contributed by atoms with Crippen LogP contribution >= 0.6 is 0 Å². The second kappa shape index (κ2) is 10.7. The summed E-state index contributed by atoms with van der Waals surface area (Å²) in [5.41, 5.74) is 1.72. The third kappa shape index (κ3) is 6.02. The quantitative estimate of drug-likeness (QED) is 0.517. The first-order valence-corrected chi connectivity index (χ1v) is 10.2. The van der Waals surface area contributed by atoms with Crippen molar-refractivity contribution in [1.29, 1.82) is 0 Å². The normalized spacial score (nSPS) is 19.4. The van der Waals surface area contributed by atoms with E-state index < -0.39 is 0 Å². The summed E-state index contributed by atoms with van der Waals surface area (Å²) in [5, 5.41) is 0. The van der Waals surface area contributed by atoms with E-state index in [0.29, 0.717) is 39.5 Å². The molecule has 0 radical (unpaired) electrons. The van der Waals surface area contributed by atoms with Crippen LogP contribution in [0.2, 0.25) is 0 Å². The molecular formula is C22H32N2O5. The van der Waals surface area contributed by atoms with E-state index in [2.05, 4.69) is 6.08 Å². The summed E-state index contributed by atoms with van der Waals surface area (Å²) in [5.74, 6) is 0. The SMILES string of the molecule is COC1(C=CCOCc2ccc(N(C)C(=O)N3CCOCC3)cc2)CCOCC1. The minimum absolute atomic E-state index is 0.00243. The van der Waals surface area contributed by atoms with E-state index in [9.17, 15) is 4.79 Å². The maximum atomic E-state index is 12.6. The molecule has 2 heterocycles. The number of rotatable bonds is 7. The standard InChI is InChI=1S/C22H32N2O5/c1-23(21(25)24-11-16-28-17-12-24)20-6-4-19(5-7-20)18-29-13-3-8-22(26-2)9-14-27-15-10-22/h3-8H,9-18H2,1-2H3. The Morgan fingerprint density at radius 3 is 2.45 bits per heavy atom.